The molecule has 0 fully saturated rings. The number of halogens is 1. The molecule has 0 aromatic carbocycles. The molecule has 0 saturated carbocycles. The topological polar surface area (TPSA) is 38.9 Å². The Kier molecular flexibility index (Phi) is 2.08. The highest BCUT2D eigenvalue weighted by atomic mass is 19.1. The molecule has 3 heteroatoms. The van der Waals surface area contributed by atoms with Crippen LogP contribution < -0.4 is 5.73 Å². The Labute approximate surface area is 65.3 Å². The number of nitrogens with zero attached hydrogens (tertiary/aromatic N) is 1. The van der Waals surface area contributed by atoms with E-state index in [0.717, 1.165) is 0 Å². The molecule has 2 N–H and O–H groups in total. The Hall–Kier alpha value is -1.12. The van der Waals surface area contributed by atoms with Crippen LogP contribution in [0.25, 0.3) is 0 Å². The van der Waals surface area contributed by atoms with Crippen LogP contribution in [0.5, 0.6) is 0 Å². The van der Waals surface area contributed by atoms with E-state index >= 15 is 0 Å². The van der Waals surface area contributed by atoms with Crippen molar-refractivity contribution in [1.82, 2.24) is 4.98 Å². The van der Waals surface area contributed by atoms with Gasteiger partial charge in [-0.2, -0.15) is 0 Å². The number of pyridine rings is 1. The van der Waals surface area contributed by atoms with Gasteiger partial charge in [0, 0.05) is 0 Å². The van der Waals surface area contributed by atoms with Crippen LogP contribution in [0.3, 0.4) is 0 Å². The first kappa shape index (κ1) is 7.98. The number of hydrogen-bond donors (Lipinski definition) is 1. The van der Waals surface area contributed by atoms with Crippen molar-refractivity contribution in [3.05, 3.63) is 23.6 Å². The summed E-state index contributed by atoms with van der Waals surface area (Å²) >= 11 is 0. The predicted molar refractivity (Wildman–Crippen MR) is 42.7 cm³/mol. The summed E-state index contributed by atoms with van der Waals surface area (Å²) in [5, 5.41) is 0. The Bertz CT molecular complexity index is 258. The zero-order valence-corrected chi connectivity index (χ0v) is 6.63. The van der Waals surface area contributed by atoms with Crippen molar-refractivity contribution >= 4 is 5.82 Å². The fourth-order valence-electron chi connectivity index (χ4n) is 0.879. The Morgan fingerprint density at radius 2 is 2.09 bits per heavy atom. The molecule has 1 aromatic heterocycles. The maximum atomic E-state index is 12.9. The van der Waals surface area contributed by atoms with Gasteiger partial charge in [-0.15, -0.1) is 0 Å². The zero-order chi connectivity index (χ0) is 8.43. The van der Waals surface area contributed by atoms with Crippen molar-refractivity contribution < 1.29 is 4.39 Å². The molecule has 60 valence electrons. The van der Waals surface area contributed by atoms with E-state index in [0.29, 0.717) is 11.5 Å². The van der Waals surface area contributed by atoms with Crippen LogP contribution in [0.15, 0.2) is 12.1 Å². The first-order valence-electron chi connectivity index (χ1n) is 3.53. The fourth-order valence-corrected chi connectivity index (χ4v) is 0.879. The average Bonchev–Trinajstić information content (AvgIpc) is 1.94. The molecule has 2 nitrogen and oxygen atoms in total. The van der Waals surface area contributed by atoms with Crippen LogP contribution in [0.1, 0.15) is 25.5 Å². The van der Waals surface area contributed by atoms with E-state index in [1.807, 2.05) is 13.8 Å². The van der Waals surface area contributed by atoms with Crippen molar-refractivity contribution in [2.24, 2.45) is 0 Å². The van der Waals surface area contributed by atoms with Gasteiger partial charge in [-0.3, -0.25) is 0 Å². The van der Waals surface area contributed by atoms with Crippen molar-refractivity contribution in [3.8, 4) is 0 Å². The second-order valence-corrected chi connectivity index (χ2v) is 2.76. The van der Waals surface area contributed by atoms with Gasteiger partial charge in [0.15, 0.2) is 0 Å². The molecule has 0 aliphatic heterocycles. The van der Waals surface area contributed by atoms with E-state index < -0.39 is 0 Å². The average molecular weight is 154 g/mol. The van der Waals surface area contributed by atoms with E-state index in [9.17, 15) is 4.39 Å². The van der Waals surface area contributed by atoms with Gasteiger partial charge >= 0.3 is 0 Å². The quantitative estimate of drug-likeness (QED) is 0.671. The van der Waals surface area contributed by atoms with Crippen LogP contribution in [0, 0.1) is 5.82 Å². The molecule has 0 aliphatic carbocycles. The largest absolute Gasteiger partial charge is 0.384 e. The van der Waals surface area contributed by atoms with Gasteiger partial charge in [-0.05, 0) is 18.1 Å². The molecule has 0 atom stereocenters. The molecular formula is C8H11FN2. The molecule has 0 aliphatic rings. The lowest BCUT2D eigenvalue weighted by Gasteiger charge is -2.05. The van der Waals surface area contributed by atoms with Gasteiger partial charge in [-0.25, -0.2) is 9.37 Å². The highest BCUT2D eigenvalue weighted by molar-refractivity contribution is 5.30. The summed E-state index contributed by atoms with van der Waals surface area (Å²) in [5.74, 6) is 0.169. The molecule has 0 saturated heterocycles. The second kappa shape index (κ2) is 2.86. The fraction of sp³-hybridized carbons (Fsp3) is 0.375. The monoisotopic (exact) mass is 154 g/mol. The summed E-state index contributed by atoms with van der Waals surface area (Å²) in [5.41, 5.74) is 5.82. The second-order valence-electron chi connectivity index (χ2n) is 2.76. The first-order valence-corrected chi connectivity index (χ1v) is 3.53. The molecule has 0 bridgehead atoms. The maximum Gasteiger partial charge on any atom is 0.145 e. The summed E-state index contributed by atoms with van der Waals surface area (Å²) < 4.78 is 12.9. The summed E-state index contributed by atoms with van der Waals surface area (Å²) in [6, 6.07) is 2.80. The highest BCUT2D eigenvalue weighted by Gasteiger charge is 2.07. The molecule has 1 heterocycles. The molecular weight excluding hydrogens is 143 g/mol. The Morgan fingerprint density at radius 3 is 2.55 bits per heavy atom. The first-order chi connectivity index (χ1) is 5.11. The third-order valence-corrected chi connectivity index (χ3v) is 1.44. The summed E-state index contributed by atoms with van der Waals surface area (Å²) in [6.07, 6.45) is 0. The smallest absolute Gasteiger partial charge is 0.145 e. The minimum atomic E-state index is -0.283. The minimum absolute atomic E-state index is 0.0819. The molecule has 11 heavy (non-hydrogen) atoms. The van der Waals surface area contributed by atoms with Gasteiger partial charge in [0.05, 0.1) is 5.69 Å². The van der Waals surface area contributed by atoms with Crippen LogP contribution in [0.4, 0.5) is 10.2 Å². The standard InChI is InChI=1S/C8H11FN2/c1-5(2)8-6(9)3-4-7(10)11-8/h3-5H,1-2H3,(H2,10,11). The van der Waals surface area contributed by atoms with E-state index in [-0.39, 0.29) is 11.7 Å². The zero-order valence-electron chi connectivity index (χ0n) is 6.63. The SMILES string of the molecule is CC(C)c1nc(N)ccc1F. The van der Waals surface area contributed by atoms with Crippen molar-refractivity contribution in [3.63, 3.8) is 0 Å². The molecule has 0 radical (unpaired) electrons. The predicted octanol–water partition coefficient (Wildman–Crippen LogP) is 1.93. The van der Waals surface area contributed by atoms with Crippen LogP contribution >= 0.6 is 0 Å². The minimum Gasteiger partial charge on any atom is -0.384 e. The molecule has 1 aromatic rings. The normalized spacial score (nSPS) is 10.5. The lowest BCUT2D eigenvalue weighted by atomic mass is 10.1. The number of nitrogen functional groups attached to an aromatic ring is 1. The third-order valence-electron chi connectivity index (χ3n) is 1.44. The number of anilines is 1. The van der Waals surface area contributed by atoms with Crippen LogP contribution in [-0.4, -0.2) is 4.98 Å². The van der Waals surface area contributed by atoms with Crippen molar-refractivity contribution in [2.45, 2.75) is 19.8 Å². The lowest BCUT2D eigenvalue weighted by molar-refractivity contribution is 0.585. The molecule has 0 unspecified atom stereocenters. The number of rotatable bonds is 1. The van der Waals surface area contributed by atoms with Gasteiger partial charge in [0.1, 0.15) is 11.6 Å². The summed E-state index contributed by atoms with van der Waals surface area (Å²) in [7, 11) is 0. The van der Waals surface area contributed by atoms with Gasteiger partial charge in [0.2, 0.25) is 0 Å². The Morgan fingerprint density at radius 1 is 1.45 bits per heavy atom. The number of nitrogens with two attached hydrogens (primary N) is 1. The summed E-state index contributed by atoms with van der Waals surface area (Å²) in [6.45, 7) is 3.76. The van der Waals surface area contributed by atoms with Crippen molar-refractivity contribution in [1.29, 1.82) is 0 Å². The maximum absolute atomic E-state index is 12.9. The number of hydrogen-bond acceptors (Lipinski definition) is 2. The third kappa shape index (κ3) is 1.67. The molecule has 1 rings (SSSR count). The molecule has 0 spiro atoms. The van der Waals surface area contributed by atoms with Gasteiger partial charge < -0.3 is 5.73 Å². The van der Waals surface area contributed by atoms with Crippen molar-refractivity contribution in [2.75, 3.05) is 5.73 Å². The van der Waals surface area contributed by atoms with Crippen LogP contribution in [-0.2, 0) is 0 Å². The molecule has 0 amide bonds. The highest BCUT2D eigenvalue weighted by Crippen LogP contribution is 2.16. The van der Waals surface area contributed by atoms with Gasteiger partial charge in [-0.1, -0.05) is 13.8 Å². The van der Waals surface area contributed by atoms with Crippen LogP contribution in [0.2, 0.25) is 0 Å². The lowest BCUT2D eigenvalue weighted by Crippen LogP contribution is -2.00. The van der Waals surface area contributed by atoms with Gasteiger partial charge in [0.25, 0.3) is 0 Å². The van der Waals surface area contributed by atoms with E-state index in [2.05, 4.69) is 4.98 Å². The Balaban J connectivity index is 3.13. The van der Waals surface area contributed by atoms with E-state index in [4.69, 9.17) is 5.73 Å². The number of aromatic nitrogens is 1. The van der Waals surface area contributed by atoms with E-state index in [1.54, 1.807) is 0 Å². The summed E-state index contributed by atoms with van der Waals surface area (Å²) in [4.78, 5) is 3.88. The van der Waals surface area contributed by atoms with E-state index in [1.165, 1.54) is 12.1 Å².